The van der Waals surface area contributed by atoms with Gasteiger partial charge in [0.05, 0.1) is 17.3 Å². The van der Waals surface area contributed by atoms with Gasteiger partial charge in [0, 0.05) is 0 Å². The number of halogens is 1. The van der Waals surface area contributed by atoms with Crippen LogP contribution in [0.1, 0.15) is 32.3 Å². The normalized spacial score (nSPS) is 12.6. The van der Waals surface area contributed by atoms with Crippen molar-refractivity contribution in [2.45, 2.75) is 32.3 Å². The highest BCUT2D eigenvalue weighted by atomic mass is 35.5. The van der Waals surface area contributed by atoms with Crippen LogP contribution in [0.25, 0.3) is 0 Å². The standard InChI is InChI=1S/C14H18ClNO5/c1-14(2,3)21-13(20)16-10-6-4-5-8(11(10)15)9(7-17)12(18)19/h4-6,9,17H,7H2,1-3H3,(H,16,20)(H,18,19)/t9-/m0/s1. The number of carboxylic acid groups (broad SMARTS) is 1. The molecule has 7 heteroatoms. The minimum atomic E-state index is -1.20. The van der Waals surface area contributed by atoms with E-state index in [9.17, 15) is 9.59 Å². The molecule has 0 aliphatic rings. The highest BCUT2D eigenvalue weighted by Gasteiger charge is 2.24. The summed E-state index contributed by atoms with van der Waals surface area (Å²) in [6.45, 7) is 4.56. The highest BCUT2D eigenvalue weighted by molar-refractivity contribution is 6.34. The molecule has 6 nitrogen and oxygen atoms in total. The fourth-order valence-electron chi connectivity index (χ4n) is 1.64. The number of hydrogen-bond donors (Lipinski definition) is 3. The third kappa shape index (κ3) is 4.91. The summed E-state index contributed by atoms with van der Waals surface area (Å²) >= 11 is 6.10. The number of carboxylic acids is 1. The van der Waals surface area contributed by atoms with E-state index in [-0.39, 0.29) is 16.3 Å². The van der Waals surface area contributed by atoms with Gasteiger partial charge in [0.2, 0.25) is 0 Å². The predicted octanol–water partition coefficient (Wildman–Crippen LogP) is 2.85. The molecule has 1 rings (SSSR count). The van der Waals surface area contributed by atoms with Crippen LogP contribution < -0.4 is 5.32 Å². The van der Waals surface area contributed by atoms with Crippen molar-refractivity contribution in [1.29, 1.82) is 0 Å². The molecular formula is C14H18ClNO5. The number of nitrogens with one attached hydrogen (secondary N) is 1. The van der Waals surface area contributed by atoms with E-state index in [1.165, 1.54) is 12.1 Å². The number of hydrogen-bond acceptors (Lipinski definition) is 4. The highest BCUT2D eigenvalue weighted by Crippen LogP contribution is 2.31. The van der Waals surface area contributed by atoms with Crippen molar-refractivity contribution in [3.05, 3.63) is 28.8 Å². The van der Waals surface area contributed by atoms with Crippen molar-refractivity contribution in [2.24, 2.45) is 0 Å². The average molecular weight is 316 g/mol. The zero-order valence-corrected chi connectivity index (χ0v) is 12.8. The predicted molar refractivity (Wildman–Crippen MR) is 78.8 cm³/mol. The molecule has 0 saturated carbocycles. The number of aliphatic hydroxyl groups is 1. The number of amides is 1. The number of carbonyl (C=O) groups excluding carboxylic acids is 1. The smallest absolute Gasteiger partial charge is 0.412 e. The molecule has 0 aliphatic carbocycles. The van der Waals surface area contributed by atoms with E-state index in [1.54, 1.807) is 26.8 Å². The van der Waals surface area contributed by atoms with E-state index in [0.717, 1.165) is 0 Å². The van der Waals surface area contributed by atoms with Gasteiger partial charge in [0.15, 0.2) is 0 Å². The fourth-order valence-corrected chi connectivity index (χ4v) is 1.94. The number of benzene rings is 1. The summed E-state index contributed by atoms with van der Waals surface area (Å²) in [5.41, 5.74) is -0.216. The summed E-state index contributed by atoms with van der Waals surface area (Å²) in [6, 6.07) is 4.54. The van der Waals surface area contributed by atoms with Crippen LogP contribution in [0.4, 0.5) is 10.5 Å². The van der Waals surface area contributed by atoms with Gasteiger partial charge in [-0.05, 0) is 32.4 Å². The summed E-state index contributed by atoms with van der Waals surface area (Å²) in [5, 5.41) is 20.7. The Labute approximate surface area is 127 Å². The summed E-state index contributed by atoms with van der Waals surface area (Å²) in [7, 11) is 0. The lowest BCUT2D eigenvalue weighted by atomic mass is 9.99. The zero-order chi connectivity index (χ0) is 16.2. The maximum absolute atomic E-state index is 11.7. The van der Waals surface area contributed by atoms with Gasteiger partial charge in [-0.3, -0.25) is 10.1 Å². The largest absolute Gasteiger partial charge is 0.481 e. The van der Waals surface area contributed by atoms with Crippen molar-refractivity contribution >= 4 is 29.4 Å². The third-order valence-electron chi connectivity index (χ3n) is 2.52. The summed E-state index contributed by atoms with van der Waals surface area (Å²) in [6.07, 6.45) is -0.697. The molecule has 0 spiro atoms. The first-order valence-corrected chi connectivity index (χ1v) is 6.65. The maximum atomic E-state index is 11.7. The Morgan fingerprint density at radius 3 is 2.48 bits per heavy atom. The topological polar surface area (TPSA) is 95.9 Å². The van der Waals surface area contributed by atoms with Crippen molar-refractivity contribution in [1.82, 2.24) is 0 Å². The Balaban J connectivity index is 3.01. The van der Waals surface area contributed by atoms with Crippen LogP contribution in [0, 0.1) is 0 Å². The van der Waals surface area contributed by atoms with E-state index in [2.05, 4.69) is 5.32 Å². The van der Waals surface area contributed by atoms with Gasteiger partial charge < -0.3 is 14.9 Å². The van der Waals surface area contributed by atoms with E-state index in [0.29, 0.717) is 0 Å². The van der Waals surface area contributed by atoms with Crippen molar-refractivity contribution in [3.63, 3.8) is 0 Å². The summed E-state index contributed by atoms with van der Waals surface area (Å²) in [5.74, 6) is -2.35. The SMILES string of the molecule is CC(C)(C)OC(=O)Nc1cccc([C@H](CO)C(=O)O)c1Cl. The van der Waals surface area contributed by atoms with Crippen LogP contribution in [-0.4, -0.2) is 34.5 Å². The summed E-state index contributed by atoms with van der Waals surface area (Å²) < 4.78 is 5.10. The number of anilines is 1. The third-order valence-corrected chi connectivity index (χ3v) is 2.94. The second-order valence-corrected chi connectivity index (χ2v) is 5.79. The van der Waals surface area contributed by atoms with E-state index >= 15 is 0 Å². The quantitative estimate of drug-likeness (QED) is 0.794. The molecule has 0 saturated heterocycles. The molecule has 1 aromatic rings. The Kier molecular flexibility index (Phi) is 5.57. The molecule has 1 aromatic carbocycles. The Bertz CT molecular complexity index is 539. The van der Waals surface area contributed by atoms with Crippen LogP contribution in [0.3, 0.4) is 0 Å². The molecule has 3 N–H and O–H groups in total. The molecule has 1 amide bonds. The molecular weight excluding hydrogens is 298 g/mol. The minimum Gasteiger partial charge on any atom is -0.481 e. The number of carbonyl (C=O) groups is 2. The molecule has 116 valence electrons. The monoisotopic (exact) mass is 315 g/mol. The average Bonchev–Trinajstić information content (AvgIpc) is 2.31. The van der Waals surface area contributed by atoms with Crippen molar-refractivity contribution in [3.8, 4) is 0 Å². The fraction of sp³-hybridized carbons (Fsp3) is 0.429. The number of rotatable bonds is 4. The second kappa shape index (κ2) is 6.78. The van der Waals surface area contributed by atoms with Crippen LogP contribution >= 0.6 is 11.6 Å². The second-order valence-electron chi connectivity index (χ2n) is 5.41. The molecule has 1 atom stereocenters. The molecule has 0 radical (unpaired) electrons. The van der Waals surface area contributed by atoms with Crippen LogP contribution in [0.5, 0.6) is 0 Å². The first kappa shape index (κ1) is 17.3. The first-order valence-electron chi connectivity index (χ1n) is 6.27. The molecule has 0 unspecified atom stereocenters. The van der Waals surface area contributed by atoms with Crippen molar-refractivity contribution in [2.75, 3.05) is 11.9 Å². The number of aliphatic hydroxyl groups excluding tert-OH is 1. The Morgan fingerprint density at radius 1 is 1.38 bits per heavy atom. The molecule has 0 bridgehead atoms. The van der Waals surface area contributed by atoms with E-state index in [1.807, 2.05) is 0 Å². The lowest BCUT2D eigenvalue weighted by Crippen LogP contribution is -2.27. The molecule has 0 fully saturated rings. The van der Waals surface area contributed by atoms with E-state index < -0.39 is 30.2 Å². The van der Waals surface area contributed by atoms with Gasteiger partial charge in [-0.15, -0.1) is 0 Å². The van der Waals surface area contributed by atoms with Crippen molar-refractivity contribution < 1.29 is 24.5 Å². The molecule has 21 heavy (non-hydrogen) atoms. The van der Waals surface area contributed by atoms with Gasteiger partial charge in [0.25, 0.3) is 0 Å². The van der Waals surface area contributed by atoms with Crippen LogP contribution in [0.2, 0.25) is 5.02 Å². The zero-order valence-electron chi connectivity index (χ0n) is 12.0. The Hall–Kier alpha value is -1.79. The van der Waals surface area contributed by atoms with Gasteiger partial charge in [-0.25, -0.2) is 4.79 Å². The number of aliphatic carboxylic acids is 1. The Morgan fingerprint density at radius 2 is 2.00 bits per heavy atom. The van der Waals surface area contributed by atoms with Gasteiger partial charge in [-0.1, -0.05) is 23.7 Å². The first-order chi connectivity index (χ1) is 9.65. The lowest BCUT2D eigenvalue weighted by molar-refractivity contribution is -0.139. The molecule has 0 aromatic heterocycles. The lowest BCUT2D eigenvalue weighted by Gasteiger charge is -2.20. The van der Waals surface area contributed by atoms with Gasteiger partial charge >= 0.3 is 12.1 Å². The minimum absolute atomic E-state index is 0.0600. The van der Waals surface area contributed by atoms with Gasteiger partial charge in [-0.2, -0.15) is 0 Å². The number of ether oxygens (including phenoxy) is 1. The molecule has 0 aliphatic heterocycles. The van der Waals surface area contributed by atoms with Gasteiger partial charge in [0.1, 0.15) is 11.5 Å². The summed E-state index contributed by atoms with van der Waals surface area (Å²) in [4.78, 5) is 22.8. The molecule has 0 heterocycles. The maximum Gasteiger partial charge on any atom is 0.412 e. The van der Waals surface area contributed by atoms with Crippen LogP contribution in [0.15, 0.2) is 18.2 Å². The van der Waals surface area contributed by atoms with Crippen LogP contribution in [-0.2, 0) is 9.53 Å². The van der Waals surface area contributed by atoms with E-state index in [4.69, 9.17) is 26.6 Å².